The molecular formula is C22H34N6O. The van der Waals surface area contributed by atoms with E-state index in [1.165, 1.54) is 19.3 Å². The average molecular weight is 399 g/mol. The molecule has 3 N–H and O–H groups in total. The van der Waals surface area contributed by atoms with Crippen LogP contribution in [0.15, 0.2) is 47.7 Å². The van der Waals surface area contributed by atoms with Crippen LogP contribution >= 0.6 is 0 Å². The Hall–Kier alpha value is -2.83. The molecule has 1 aromatic heterocycles. The van der Waals surface area contributed by atoms with Crippen molar-refractivity contribution in [3.05, 3.63) is 48.3 Å². The quantitative estimate of drug-likeness (QED) is 0.307. The second-order valence-corrected chi connectivity index (χ2v) is 7.19. The third-order valence-corrected chi connectivity index (χ3v) is 4.46. The van der Waals surface area contributed by atoms with Crippen LogP contribution in [0, 0.1) is 0 Å². The highest BCUT2D eigenvalue weighted by molar-refractivity contribution is 5.90. The van der Waals surface area contributed by atoms with E-state index in [0.717, 1.165) is 30.2 Å². The van der Waals surface area contributed by atoms with Crippen molar-refractivity contribution in [3.63, 3.8) is 0 Å². The van der Waals surface area contributed by atoms with Gasteiger partial charge in [-0.1, -0.05) is 38.3 Å². The molecule has 1 unspecified atom stereocenters. The van der Waals surface area contributed by atoms with Gasteiger partial charge in [0.2, 0.25) is 5.91 Å². The lowest BCUT2D eigenvalue weighted by Crippen LogP contribution is -2.42. The van der Waals surface area contributed by atoms with Gasteiger partial charge in [0, 0.05) is 30.7 Å². The Kier molecular flexibility index (Phi) is 9.75. The number of aromatic nitrogens is 2. The first-order valence-corrected chi connectivity index (χ1v) is 10.5. The van der Waals surface area contributed by atoms with E-state index in [4.69, 9.17) is 4.99 Å². The fourth-order valence-electron chi connectivity index (χ4n) is 2.99. The van der Waals surface area contributed by atoms with Gasteiger partial charge in [0.15, 0.2) is 5.96 Å². The van der Waals surface area contributed by atoms with E-state index in [2.05, 4.69) is 41.8 Å². The first kappa shape index (κ1) is 22.5. The van der Waals surface area contributed by atoms with Gasteiger partial charge in [-0.15, -0.1) is 0 Å². The van der Waals surface area contributed by atoms with Crippen molar-refractivity contribution >= 4 is 17.6 Å². The first-order chi connectivity index (χ1) is 14.1. The minimum absolute atomic E-state index is 0.106. The molecule has 0 fully saturated rings. The Morgan fingerprint density at radius 2 is 2.10 bits per heavy atom. The van der Waals surface area contributed by atoms with Crippen molar-refractivity contribution in [1.82, 2.24) is 20.4 Å². The monoisotopic (exact) mass is 398 g/mol. The summed E-state index contributed by atoms with van der Waals surface area (Å²) in [4.78, 5) is 16.9. The summed E-state index contributed by atoms with van der Waals surface area (Å²) < 4.78 is 1.60. The van der Waals surface area contributed by atoms with Crippen molar-refractivity contribution in [2.24, 2.45) is 4.99 Å². The van der Waals surface area contributed by atoms with E-state index in [0.29, 0.717) is 12.6 Å². The number of hydrogen-bond donors (Lipinski definition) is 3. The van der Waals surface area contributed by atoms with Crippen LogP contribution in [0.3, 0.4) is 0 Å². The van der Waals surface area contributed by atoms with Gasteiger partial charge < -0.3 is 16.0 Å². The predicted molar refractivity (Wildman–Crippen MR) is 119 cm³/mol. The molecule has 29 heavy (non-hydrogen) atoms. The minimum atomic E-state index is -0.106. The summed E-state index contributed by atoms with van der Waals surface area (Å²) in [5, 5.41) is 13.8. The molecule has 0 saturated heterocycles. The molecule has 0 aliphatic heterocycles. The number of guanidine groups is 1. The van der Waals surface area contributed by atoms with Crippen molar-refractivity contribution in [3.8, 4) is 0 Å². The number of unbranched alkanes of at least 4 members (excludes halogenated alkanes) is 2. The Morgan fingerprint density at radius 1 is 1.24 bits per heavy atom. The maximum Gasteiger partial charge on any atom is 0.246 e. The maximum absolute atomic E-state index is 12.2. The van der Waals surface area contributed by atoms with Crippen LogP contribution in [0.4, 0.5) is 5.69 Å². The summed E-state index contributed by atoms with van der Waals surface area (Å²) in [6, 6.07) is 9.97. The first-order valence-electron chi connectivity index (χ1n) is 10.5. The Balaban J connectivity index is 1.91. The maximum atomic E-state index is 12.2. The summed E-state index contributed by atoms with van der Waals surface area (Å²) in [6.07, 6.45) is 8.28. The van der Waals surface area contributed by atoms with Gasteiger partial charge in [0.1, 0.15) is 6.54 Å². The van der Waals surface area contributed by atoms with Gasteiger partial charge in [-0.3, -0.25) is 9.48 Å². The number of aliphatic imine (C=N–C) groups is 1. The summed E-state index contributed by atoms with van der Waals surface area (Å²) in [5.74, 6) is 0.717. The van der Waals surface area contributed by atoms with Crippen molar-refractivity contribution in [2.75, 3.05) is 11.9 Å². The van der Waals surface area contributed by atoms with E-state index in [9.17, 15) is 4.79 Å². The van der Waals surface area contributed by atoms with Crippen LogP contribution in [-0.2, 0) is 17.9 Å². The van der Waals surface area contributed by atoms with Gasteiger partial charge in [-0.2, -0.15) is 5.10 Å². The Bertz CT molecular complexity index is 756. The standard InChI is InChI=1S/C22H34N6O/c1-4-6-7-10-18(3)26-22(23-5-2)24-16-19-11-8-12-20(15-19)27-21(29)17-28-14-9-13-25-28/h8-9,11-15,18H,4-7,10,16-17H2,1-3H3,(H,27,29)(H2,23,24,26). The molecule has 7 heteroatoms. The molecule has 1 aromatic carbocycles. The third kappa shape index (κ3) is 8.81. The summed E-state index contributed by atoms with van der Waals surface area (Å²) in [7, 11) is 0. The van der Waals surface area contributed by atoms with Crippen LogP contribution in [0.1, 0.15) is 52.0 Å². The molecular weight excluding hydrogens is 364 g/mol. The van der Waals surface area contributed by atoms with E-state index in [1.54, 1.807) is 23.1 Å². The largest absolute Gasteiger partial charge is 0.357 e. The molecule has 0 aliphatic carbocycles. The SMILES string of the molecule is CCCCCC(C)NC(=NCc1cccc(NC(=O)Cn2cccn2)c1)NCC. The van der Waals surface area contributed by atoms with Gasteiger partial charge in [0.05, 0.1) is 6.54 Å². The Morgan fingerprint density at radius 3 is 2.83 bits per heavy atom. The molecule has 1 heterocycles. The molecule has 2 aromatic rings. The second-order valence-electron chi connectivity index (χ2n) is 7.19. The molecule has 0 saturated carbocycles. The lowest BCUT2D eigenvalue weighted by atomic mass is 10.1. The number of hydrogen-bond acceptors (Lipinski definition) is 3. The fraction of sp³-hybridized carbons (Fsp3) is 0.500. The van der Waals surface area contributed by atoms with Gasteiger partial charge >= 0.3 is 0 Å². The molecule has 2 rings (SSSR count). The van der Waals surface area contributed by atoms with Crippen LogP contribution < -0.4 is 16.0 Å². The zero-order chi connectivity index (χ0) is 20.9. The molecule has 1 amide bonds. The van der Waals surface area contributed by atoms with Crippen LogP contribution in [0.25, 0.3) is 0 Å². The zero-order valence-electron chi connectivity index (χ0n) is 17.8. The lowest BCUT2D eigenvalue weighted by Gasteiger charge is -2.17. The highest BCUT2D eigenvalue weighted by Crippen LogP contribution is 2.12. The number of carbonyl (C=O) groups is 1. The molecule has 0 aliphatic rings. The number of anilines is 1. The molecule has 1 atom stereocenters. The molecule has 0 bridgehead atoms. The lowest BCUT2D eigenvalue weighted by molar-refractivity contribution is -0.116. The van der Waals surface area contributed by atoms with E-state index in [1.807, 2.05) is 24.3 Å². The van der Waals surface area contributed by atoms with E-state index >= 15 is 0 Å². The number of amides is 1. The van der Waals surface area contributed by atoms with Crippen LogP contribution in [-0.4, -0.2) is 34.2 Å². The molecule has 158 valence electrons. The van der Waals surface area contributed by atoms with Crippen LogP contribution in [0.5, 0.6) is 0 Å². The van der Waals surface area contributed by atoms with Crippen molar-refractivity contribution < 1.29 is 4.79 Å². The van der Waals surface area contributed by atoms with E-state index in [-0.39, 0.29) is 12.5 Å². The fourth-order valence-corrected chi connectivity index (χ4v) is 2.99. The number of benzene rings is 1. The van der Waals surface area contributed by atoms with Gasteiger partial charge in [-0.05, 0) is 44.0 Å². The summed E-state index contributed by atoms with van der Waals surface area (Å²) in [6.45, 7) is 8.03. The number of rotatable bonds is 11. The smallest absolute Gasteiger partial charge is 0.246 e. The normalized spacial score (nSPS) is 12.4. The number of nitrogens with zero attached hydrogens (tertiary/aromatic N) is 3. The highest BCUT2D eigenvalue weighted by atomic mass is 16.2. The number of nitrogens with one attached hydrogen (secondary N) is 3. The van der Waals surface area contributed by atoms with Crippen LogP contribution in [0.2, 0.25) is 0 Å². The molecule has 0 radical (unpaired) electrons. The Labute approximate surface area is 174 Å². The zero-order valence-corrected chi connectivity index (χ0v) is 17.8. The predicted octanol–water partition coefficient (Wildman–Crippen LogP) is 3.55. The highest BCUT2D eigenvalue weighted by Gasteiger charge is 2.06. The summed E-state index contributed by atoms with van der Waals surface area (Å²) >= 11 is 0. The average Bonchev–Trinajstić information content (AvgIpc) is 3.19. The van der Waals surface area contributed by atoms with Gasteiger partial charge in [0.25, 0.3) is 0 Å². The third-order valence-electron chi connectivity index (χ3n) is 4.46. The molecule has 7 nitrogen and oxygen atoms in total. The van der Waals surface area contributed by atoms with Crippen molar-refractivity contribution in [2.45, 2.75) is 65.6 Å². The van der Waals surface area contributed by atoms with Crippen molar-refractivity contribution in [1.29, 1.82) is 0 Å². The minimum Gasteiger partial charge on any atom is -0.357 e. The van der Waals surface area contributed by atoms with Gasteiger partial charge in [-0.25, -0.2) is 4.99 Å². The second kappa shape index (κ2) is 12.6. The van der Waals surface area contributed by atoms with E-state index < -0.39 is 0 Å². The molecule has 0 spiro atoms. The summed E-state index contributed by atoms with van der Waals surface area (Å²) in [5.41, 5.74) is 1.80. The topological polar surface area (TPSA) is 83.3 Å². The number of carbonyl (C=O) groups excluding carboxylic acids is 1.